The molecule has 1 amide bonds. The van der Waals surface area contributed by atoms with E-state index in [0.29, 0.717) is 18.8 Å². The van der Waals surface area contributed by atoms with E-state index in [2.05, 4.69) is 5.32 Å². The number of aryl methyl sites for hydroxylation is 2. The molecule has 0 bridgehead atoms. The molecule has 0 saturated heterocycles. The zero-order valence-electron chi connectivity index (χ0n) is 9.75. The first-order valence-electron chi connectivity index (χ1n) is 5.36. The van der Waals surface area contributed by atoms with Crippen molar-refractivity contribution in [3.05, 3.63) is 29.3 Å². The third-order valence-corrected chi connectivity index (χ3v) is 2.06. The zero-order valence-corrected chi connectivity index (χ0v) is 9.75. The third-order valence-electron chi connectivity index (χ3n) is 2.06. The molecule has 1 rings (SSSR count). The number of carbonyl (C=O) groups is 1. The van der Waals surface area contributed by atoms with E-state index in [1.54, 1.807) is 0 Å². The molecule has 1 aromatic rings. The SMILES string of the molecule is Cc1cc(C)cc(OC(=O)NCCCN)c1. The van der Waals surface area contributed by atoms with Crippen LogP contribution in [0.15, 0.2) is 18.2 Å². The first-order valence-corrected chi connectivity index (χ1v) is 5.36. The summed E-state index contributed by atoms with van der Waals surface area (Å²) < 4.78 is 5.13. The van der Waals surface area contributed by atoms with Gasteiger partial charge in [-0.3, -0.25) is 0 Å². The number of nitrogens with two attached hydrogens (primary N) is 1. The average molecular weight is 222 g/mol. The van der Waals surface area contributed by atoms with Gasteiger partial charge < -0.3 is 15.8 Å². The van der Waals surface area contributed by atoms with E-state index < -0.39 is 6.09 Å². The van der Waals surface area contributed by atoms with E-state index in [0.717, 1.165) is 17.5 Å². The fourth-order valence-corrected chi connectivity index (χ4v) is 1.43. The second-order valence-corrected chi connectivity index (χ2v) is 3.78. The molecule has 4 heteroatoms. The van der Waals surface area contributed by atoms with Gasteiger partial charge in [-0.05, 0) is 50.1 Å². The molecule has 4 nitrogen and oxygen atoms in total. The molecule has 0 radical (unpaired) electrons. The van der Waals surface area contributed by atoms with Crippen LogP contribution in [0.2, 0.25) is 0 Å². The Bertz CT molecular complexity index is 344. The lowest BCUT2D eigenvalue weighted by molar-refractivity contribution is 0.200. The van der Waals surface area contributed by atoms with Crippen LogP contribution in [0.25, 0.3) is 0 Å². The van der Waals surface area contributed by atoms with Crippen LogP contribution in [-0.4, -0.2) is 19.2 Å². The lowest BCUT2D eigenvalue weighted by Gasteiger charge is -2.07. The Kier molecular flexibility index (Phi) is 4.79. The van der Waals surface area contributed by atoms with Crippen molar-refractivity contribution >= 4 is 6.09 Å². The number of rotatable bonds is 4. The van der Waals surface area contributed by atoms with E-state index in [1.165, 1.54) is 0 Å². The number of ether oxygens (including phenoxy) is 1. The number of hydrogen-bond acceptors (Lipinski definition) is 3. The van der Waals surface area contributed by atoms with E-state index in [9.17, 15) is 4.79 Å². The number of carbonyl (C=O) groups excluding carboxylic acids is 1. The molecule has 0 aromatic heterocycles. The van der Waals surface area contributed by atoms with Crippen molar-refractivity contribution in [3.8, 4) is 5.75 Å². The van der Waals surface area contributed by atoms with Crippen molar-refractivity contribution in [1.29, 1.82) is 0 Å². The second kappa shape index (κ2) is 6.12. The van der Waals surface area contributed by atoms with Crippen molar-refractivity contribution in [3.63, 3.8) is 0 Å². The summed E-state index contributed by atoms with van der Waals surface area (Å²) in [4.78, 5) is 11.3. The standard InChI is InChI=1S/C12H18N2O2/c1-9-6-10(2)8-11(7-9)16-12(15)14-5-3-4-13/h6-8H,3-5,13H2,1-2H3,(H,14,15). The van der Waals surface area contributed by atoms with Crippen LogP contribution in [-0.2, 0) is 0 Å². The summed E-state index contributed by atoms with van der Waals surface area (Å²) in [6.45, 7) is 5.03. The van der Waals surface area contributed by atoms with Gasteiger partial charge in [0, 0.05) is 6.54 Å². The van der Waals surface area contributed by atoms with Crippen molar-refractivity contribution in [2.24, 2.45) is 5.73 Å². The number of benzene rings is 1. The van der Waals surface area contributed by atoms with Crippen LogP contribution >= 0.6 is 0 Å². The third kappa shape index (κ3) is 4.31. The molecule has 0 heterocycles. The largest absolute Gasteiger partial charge is 0.412 e. The van der Waals surface area contributed by atoms with Gasteiger partial charge >= 0.3 is 6.09 Å². The normalized spacial score (nSPS) is 9.94. The molecule has 3 N–H and O–H groups in total. The molecule has 88 valence electrons. The molecule has 0 aliphatic rings. The van der Waals surface area contributed by atoms with Crippen LogP contribution in [0, 0.1) is 13.8 Å². The average Bonchev–Trinajstić information content (AvgIpc) is 2.16. The molecule has 0 aliphatic heterocycles. The summed E-state index contributed by atoms with van der Waals surface area (Å²) in [5.41, 5.74) is 7.46. The van der Waals surface area contributed by atoms with Gasteiger partial charge in [0.25, 0.3) is 0 Å². The monoisotopic (exact) mass is 222 g/mol. The molecule has 0 fully saturated rings. The summed E-state index contributed by atoms with van der Waals surface area (Å²) in [7, 11) is 0. The van der Waals surface area contributed by atoms with Crippen LogP contribution in [0.4, 0.5) is 4.79 Å². The summed E-state index contributed by atoms with van der Waals surface area (Å²) in [5, 5.41) is 2.63. The Hall–Kier alpha value is -1.55. The molecule has 16 heavy (non-hydrogen) atoms. The molecule has 0 unspecified atom stereocenters. The van der Waals surface area contributed by atoms with Crippen molar-refractivity contribution in [2.45, 2.75) is 20.3 Å². The summed E-state index contributed by atoms with van der Waals surface area (Å²) in [5.74, 6) is 0.572. The van der Waals surface area contributed by atoms with E-state index in [1.807, 2.05) is 32.0 Å². The van der Waals surface area contributed by atoms with Gasteiger partial charge in [-0.25, -0.2) is 4.79 Å². The summed E-state index contributed by atoms with van der Waals surface area (Å²) >= 11 is 0. The number of nitrogens with one attached hydrogen (secondary N) is 1. The van der Waals surface area contributed by atoms with Gasteiger partial charge in [-0.15, -0.1) is 0 Å². The maximum absolute atomic E-state index is 11.3. The van der Waals surface area contributed by atoms with E-state index in [4.69, 9.17) is 10.5 Å². The van der Waals surface area contributed by atoms with Crippen molar-refractivity contribution in [1.82, 2.24) is 5.32 Å². The highest BCUT2D eigenvalue weighted by atomic mass is 16.6. The Balaban J connectivity index is 2.49. The Labute approximate surface area is 95.8 Å². The molecule has 0 spiro atoms. The predicted molar refractivity (Wildman–Crippen MR) is 63.6 cm³/mol. The van der Waals surface area contributed by atoms with Crippen LogP contribution in [0.1, 0.15) is 17.5 Å². The summed E-state index contributed by atoms with van der Waals surface area (Å²) in [6, 6.07) is 5.68. The van der Waals surface area contributed by atoms with Gasteiger partial charge in [-0.1, -0.05) is 6.07 Å². The summed E-state index contributed by atoms with van der Waals surface area (Å²) in [6.07, 6.45) is 0.320. The van der Waals surface area contributed by atoms with Gasteiger partial charge in [0.2, 0.25) is 0 Å². The van der Waals surface area contributed by atoms with Gasteiger partial charge in [0.15, 0.2) is 0 Å². The highest BCUT2D eigenvalue weighted by Gasteiger charge is 2.03. The zero-order chi connectivity index (χ0) is 12.0. The van der Waals surface area contributed by atoms with Crippen LogP contribution in [0.3, 0.4) is 0 Å². The van der Waals surface area contributed by atoms with Crippen molar-refractivity contribution in [2.75, 3.05) is 13.1 Å². The number of hydrogen-bond donors (Lipinski definition) is 2. The van der Waals surface area contributed by atoms with Crippen molar-refractivity contribution < 1.29 is 9.53 Å². The smallest absolute Gasteiger partial charge is 0.410 e. The van der Waals surface area contributed by atoms with Crippen LogP contribution in [0.5, 0.6) is 5.75 Å². The lowest BCUT2D eigenvalue weighted by atomic mass is 10.1. The topological polar surface area (TPSA) is 64.3 Å². The Morgan fingerprint density at radius 2 is 1.94 bits per heavy atom. The molecular weight excluding hydrogens is 204 g/mol. The minimum Gasteiger partial charge on any atom is -0.410 e. The predicted octanol–water partition coefficient (Wildman–Crippen LogP) is 1.74. The maximum Gasteiger partial charge on any atom is 0.412 e. The molecule has 0 aliphatic carbocycles. The fraction of sp³-hybridized carbons (Fsp3) is 0.417. The Morgan fingerprint density at radius 1 is 1.31 bits per heavy atom. The van der Waals surface area contributed by atoms with Crippen LogP contribution < -0.4 is 15.8 Å². The second-order valence-electron chi connectivity index (χ2n) is 3.78. The molecule has 1 aromatic carbocycles. The molecule has 0 saturated carbocycles. The van der Waals surface area contributed by atoms with E-state index in [-0.39, 0.29) is 0 Å². The molecule has 0 atom stereocenters. The van der Waals surface area contributed by atoms with Gasteiger partial charge in [0.05, 0.1) is 0 Å². The highest BCUT2D eigenvalue weighted by Crippen LogP contribution is 2.16. The first-order chi connectivity index (χ1) is 7.61. The minimum atomic E-state index is -0.432. The minimum absolute atomic E-state index is 0.432. The first kappa shape index (κ1) is 12.5. The molecular formula is C12H18N2O2. The lowest BCUT2D eigenvalue weighted by Crippen LogP contribution is -2.28. The quantitative estimate of drug-likeness (QED) is 0.763. The van der Waals surface area contributed by atoms with E-state index >= 15 is 0 Å². The van der Waals surface area contributed by atoms with Gasteiger partial charge in [0.1, 0.15) is 5.75 Å². The van der Waals surface area contributed by atoms with Gasteiger partial charge in [-0.2, -0.15) is 0 Å². The maximum atomic E-state index is 11.3. The Morgan fingerprint density at radius 3 is 2.50 bits per heavy atom. The fourth-order valence-electron chi connectivity index (χ4n) is 1.43. The highest BCUT2D eigenvalue weighted by molar-refractivity contribution is 5.70. The number of amides is 1.